The van der Waals surface area contributed by atoms with Crippen LogP contribution in [0.5, 0.6) is 0 Å². The van der Waals surface area contributed by atoms with Gasteiger partial charge in [0.2, 0.25) is 11.8 Å². The summed E-state index contributed by atoms with van der Waals surface area (Å²) in [6.07, 6.45) is -1.10. The van der Waals surface area contributed by atoms with Gasteiger partial charge in [-0.15, -0.1) is 0 Å². The maximum Gasteiger partial charge on any atom is 0.255 e. The highest BCUT2D eigenvalue weighted by atomic mass is 19.3. The van der Waals surface area contributed by atoms with Gasteiger partial charge in [-0.2, -0.15) is 0 Å². The molecule has 6 heteroatoms. The molecule has 2 aromatic rings. The van der Waals surface area contributed by atoms with Gasteiger partial charge in [0, 0.05) is 24.9 Å². The van der Waals surface area contributed by atoms with Gasteiger partial charge in [-0.3, -0.25) is 9.59 Å². The highest BCUT2D eigenvalue weighted by molar-refractivity contribution is 5.84. The number of benzene rings is 2. The van der Waals surface area contributed by atoms with E-state index >= 15 is 0 Å². The fourth-order valence-corrected chi connectivity index (χ4v) is 4.23. The van der Waals surface area contributed by atoms with Gasteiger partial charge in [0.05, 0.1) is 6.54 Å². The third-order valence-electron chi connectivity index (χ3n) is 6.04. The van der Waals surface area contributed by atoms with Crippen LogP contribution in [0.4, 0.5) is 8.78 Å². The Balaban J connectivity index is 1.27. The fraction of sp³-hybridized carbons (Fsp3) is 0.417. The highest BCUT2D eigenvalue weighted by Gasteiger charge is 2.46. The number of carbonyl (C=O) groups is 2. The van der Waals surface area contributed by atoms with Crippen molar-refractivity contribution < 1.29 is 18.4 Å². The molecular weight excluding hydrogens is 386 g/mol. The molecule has 0 aliphatic heterocycles. The molecule has 2 aromatic carbocycles. The summed E-state index contributed by atoms with van der Waals surface area (Å²) in [7, 11) is 0. The summed E-state index contributed by atoms with van der Waals surface area (Å²) < 4.78 is 26.1. The first-order chi connectivity index (χ1) is 14.5. The highest BCUT2D eigenvalue weighted by Crippen LogP contribution is 2.48. The first-order valence-electron chi connectivity index (χ1n) is 10.5. The standard InChI is InChI=1S/C24H26F2N2O2/c25-22(26)15-28(24(30)21-14-19(21)17-9-5-2-6-10-17)12-11-27-23(29)20-13-18(20)16-7-3-1-4-8-16/h1-10,18-22H,11-15H2,(H,27,29)/t18-,19-,20-,21-/m1/s1. The molecule has 158 valence electrons. The van der Waals surface area contributed by atoms with Crippen molar-refractivity contribution in [3.63, 3.8) is 0 Å². The van der Waals surface area contributed by atoms with Gasteiger partial charge in [-0.25, -0.2) is 8.78 Å². The summed E-state index contributed by atoms with van der Waals surface area (Å²) in [6.45, 7) is -0.295. The lowest BCUT2D eigenvalue weighted by molar-refractivity contribution is -0.135. The van der Waals surface area contributed by atoms with Crippen LogP contribution in [-0.2, 0) is 9.59 Å². The third-order valence-corrected chi connectivity index (χ3v) is 6.04. The third kappa shape index (κ3) is 4.86. The maximum atomic E-state index is 13.0. The van der Waals surface area contributed by atoms with Crippen LogP contribution in [0.25, 0.3) is 0 Å². The molecule has 0 heterocycles. The number of nitrogens with one attached hydrogen (secondary N) is 1. The lowest BCUT2D eigenvalue weighted by atomic mass is 10.1. The molecule has 2 fully saturated rings. The molecule has 4 atom stereocenters. The Labute approximate surface area is 175 Å². The summed E-state index contributed by atoms with van der Waals surface area (Å²) in [6, 6.07) is 19.6. The minimum atomic E-state index is -2.59. The monoisotopic (exact) mass is 412 g/mol. The average Bonchev–Trinajstić information content (AvgIpc) is 3.67. The Morgan fingerprint density at radius 1 is 0.900 bits per heavy atom. The number of nitrogens with zero attached hydrogens (tertiary/aromatic N) is 1. The normalized spacial score (nSPS) is 24.4. The van der Waals surface area contributed by atoms with Crippen molar-refractivity contribution >= 4 is 11.8 Å². The van der Waals surface area contributed by atoms with E-state index in [-0.39, 0.29) is 48.6 Å². The lowest BCUT2D eigenvalue weighted by Crippen LogP contribution is -2.42. The van der Waals surface area contributed by atoms with Gasteiger partial charge in [0.1, 0.15) is 0 Å². The molecule has 4 rings (SSSR count). The number of amides is 2. The van der Waals surface area contributed by atoms with Crippen LogP contribution in [0, 0.1) is 11.8 Å². The Bertz CT molecular complexity index is 875. The number of carbonyl (C=O) groups excluding carboxylic acids is 2. The van der Waals surface area contributed by atoms with Crippen LogP contribution in [0.15, 0.2) is 60.7 Å². The van der Waals surface area contributed by atoms with Crippen molar-refractivity contribution in [3.05, 3.63) is 71.8 Å². The molecule has 0 spiro atoms. The molecule has 0 radical (unpaired) electrons. The van der Waals surface area contributed by atoms with Crippen molar-refractivity contribution in [3.8, 4) is 0 Å². The van der Waals surface area contributed by atoms with Crippen LogP contribution in [0.1, 0.15) is 35.8 Å². The molecule has 2 amide bonds. The van der Waals surface area contributed by atoms with Crippen LogP contribution in [0.3, 0.4) is 0 Å². The molecule has 0 bridgehead atoms. The quantitative estimate of drug-likeness (QED) is 0.681. The SMILES string of the molecule is O=C(NCCN(CC(F)F)C(=O)[C@@H]1C[C@@H]1c1ccccc1)[C@@H]1C[C@@H]1c1ccccc1. The van der Waals surface area contributed by atoms with Crippen molar-refractivity contribution in [2.45, 2.75) is 31.1 Å². The molecule has 4 nitrogen and oxygen atoms in total. The predicted octanol–water partition coefficient (Wildman–Crippen LogP) is 3.80. The van der Waals surface area contributed by atoms with Crippen LogP contribution in [-0.4, -0.2) is 42.8 Å². The first-order valence-corrected chi connectivity index (χ1v) is 10.5. The summed E-state index contributed by atoms with van der Waals surface area (Å²) >= 11 is 0. The lowest BCUT2D eigenvalue weighted by Gasteiger charge is -2.23. The van der Waals surface area contributed by atoms with Gasteiger partial charge in [-0.1, -0.05) is 60.7 Å². The molecule has 0 aromatic heterocycles. The summed E-state index contributed by atoms with van der Waals surface area (Å²) in [5, 5.41) is 2.83. The zero-order chi connectivity index (χ0) is 21.1. The Kier molecular flexibility index (Phi) is 6.11. The molecule has 0 saturated heterocycles. The van der Waals surface area contributed by atoms with E-state index in [1.165, 1.54) is 4.90 Å². The Morgan fingerprint density at radius 3 is 2.00 bits per heavy atom. The molecule has 2 aliphatic carbocycles. The van der Waals surface area contributed by atoms with Crippen LogP contribution < -0.4 is 5.32 Å². The minimum absolute atomic E-state index is 0.0677. The van der Waals surface area contributed by atoms with E-state index in [0.717, 1.165) is 17.5 Å². The van der Waals surface area contributed by atoms with E-state index in [1.54, 1.807) is 0 Å². The van der Waals surface area contributed by atoms with Gasteiger partial charge in [0.25, 0.3) is 6.43 Å². The van der Waals surface area contributed by atoms with Gasteiger partial charge in [-0.05, 0) is 35.8 Å². The molecule has 1 N–H and O–H groups in total. The molecule has 2 aliphatic rings. The van der Waals surface area contributed by atoms with E-state index in [0.29, 0.717) is 6.42 Å². The van der Waals surface area contributed by atoms with Gasteiger partial charge < -0.3 is 10.2 Å². The number of rotatable bonds is 9. The van der Waals surface area contributed by atoms with Crippen molar-refractivity contribution in [1.29, 1.82) is 0 Å². The van der Waals surface area contributed by atoms with E-state index in [1.807, 2.05) is 60.7 Å². The second-order valence-corrected chi connectivity index (χ2v) is 8.19. The molecule has 2 saturated carbocycles. The number of hydrogen-bond acceptors (Lipinski definition) is 2. The number of halogens is 2. The van der Waals surface area contributed by atoms with Crippen molar-refractivity contribution in [1.82, 2.24) is 10.2 Å². The Hall–Kier alpha value is -2.76. The zero-order valence-electron chi connectivity index (χ0n) is 16.7. The van der Waals surface area contributed by atoms with Crippen molar-refractivity contribution in [2.24, 2.45) is 11.8 Å². The smallest absolute Gasteiger partial charge is 0.255 e. The van der Waals surface area contributed by atoms with Gasteiger partial charge >= 0.3 is 0 Å². The van der Waals surface area contributed by atoms with E-state index in [2.05, 4.69) is 5.32 Å². The second-order valence-electron chi connectivity index (χ2n) is 8.19. The maximum absolute atomic E-state index is 13.0. The summed E-state index contributed by atoms with van der Waals surface area (Å²) in [5.74, 6) is -0.297. The first kappa shape index (κ1) is 20.5. The summed E-state index contributed by atoms with van der Waals surface area (Å²) in [4.78, 5) is 26.4. The van der Waals surface area contributed by atoms with E-state index < -0.39 is 13.0 Å². The van der Waals surface area contributed by atoms with Gasteiger partial charge in [0.15, 0.2) is 0 Å². The topological polar surface area (TPSA) is 49.4 Å². The second kappa shape index (κ2) is 8.94. The average molecular weight is 412 g/mol. The summed E-state index contributed by atoms with van der Waals surface area (Å²) in [5.41, 5.74) is 2.22. The van der Waals surface area contributed by atoms with Crippen LogP contribution in [0.2, 0.25) is 0 Å². The molecular formula is C24H26F2N2O2. The minimum Gasteiger partial charge on any atom is -0.354 e. The number of alkyl halides is 2. The number of hydrogen-bond donors (Lipinski definition) is 1. The Morgan fingerprint density at radius 2 is 1.43 bits per heavy atom. The van der Waals surface area contributed by atoms with Crippen molar-refractivity contribution in [2.75, 3.05) is 19.6 Å². The van der Waals surface area contributed by atoms with E-state index in [9.17, 15) is 18.4 Å². The van der Waals surface area contributed by atoms with Crippen LogP contribution >= 0.6 is 0 Å². The largest absolute Gasteiger partial charge is 0.354 e. The fourth-order valence-electron chi connectivity index (χ4n) is 4.23. The molecule has 30 heavy (non-hydrogen) atoms. The van der Waals surface area contributed by atoms with E-state index in [4.69, 9.17) is 0 Å². The molecule has 0 unspecified atom stereocenters. The zero-order valence-corrected chi connectivity index (χ0v) is 16.7. The predicted molar refractivity (Wildman–Crippen MR) is 110 cm³/mol.